The molecule has 1 heterocycles. The first kappa shape index (κ1) is 17.0. The van der Waals surface area contributed by atoms with Crippen LogP contribution in [0, 0.1) is 0 Å². The monoisotopic (exact) mass is 326 g/mol. The minimum atomic E-state index is -3.88. The van der Waals surface area contributed by atoms with Crippen LogP contribution < -0.4 is 5.09 Å². The molecule has 1 aromatic heterocycles. The van der Waals surface area contributed by atoms with Crippen LogP contribution in [0.25, 0.3) is 10.9 Å². The summed E-state index contributed by atoms with van der Waals surface area (Å²) < 4.78 is 23.8. The van der Waals surface area contributed by atoms with Crippen LogP contribution in [0.4, 0.5) is 5.69 Å². The van der Waals surface area contributed by atoms with E-state index in [0.29, 0.717) is 5.69 Å². The molecular weight excluding hydrogens is 303 g/mol. The number of hydrogen-bond donors (Lipinski definition) is 2. The zero-order valence-electron chi connectivity index (χ0n) is 13.4. The fraction of sp³-hybridized carbons (Fsp3) is 0.467. The van der Waals surface area contributed by atoms with Crippen LogP contribution in [0.15, 0.2) is 30.5 Å². The molecule has 7 heteroatoms. The zero-order chi connectivity index (χ0) is 16.4. The molecule has 0 spiro atoms. The average Bonchev–Trinajstić information content (AvgIpc) is 2.81. The van der Waals surface area contributed by atoms with Crippen molar-refractivity contribution in [1.29, 1.82) is 0 Å². The molecule has 1 atom stereocenters. The Labute approximate surface area is 130 Å². The van der Waals surface area contributed by atoms with Crippen molar-refractivity contribution >= 4 is 24.3 Å². The van der Waals surface area contributed by atoms with Crippen LogP contribution in [0.2, 0.25) is 0 Å². The van der Waals surface area contributed by atoms with Gasteiger partial charge in [-0.1, -0.05) is 0 Å². The zero-order valence-corrected chi connectivity index (χ0v) is 14.3. The summed E-state index contributed by atoms with van der Waals surface area (Å²) in [5.41, 5.74) is 1.60. The number of fused-ring (bicyclic) bond motifs is 1. The number of nitrogens with zero attached hydrogens (tertiary/aromatic N) is 1. The summed E-state index contributed by atoms with van der Waals surface area (Å²) in [5.74, 6) is 0. The van der Waals surface area contributed by atoms with Gasteiger partial charge in [-0.15, -0.1) is 0 Å². The van der Waals surface area contributed by atoms with E-state index in [2.05, 4.69) is 30.4 Å². The van der Waals surface area contributed by atoms with Crippen molar-refractivity contribution in [1.82, 2.24) is 4.57 Å². The topological polar surface area (TPSA) is 72.7 Å². The SMILES string of the molecule is COCCOP(=O)(O)Nc1ccc2c(ccn2C(C)(C)C)c1. The van der Waals surface area contributed by atoms with E-state index in [1.54, 1.807) is 6.07 Å². The number of methoxy groups -OCH3 is 1. The fourth-order valence-corrected chi connectivity index (χ4v) is 3.09. The molecule has 6 nitrogen and oxygen atoms in total. The van der Waals surface area contributed by atoms with Gasteiger partial charge in [0, 0.05) is 35.4 Å². The van der Waals surface area contributed by atoms with Crippen molar-refractivity contribution in [3.8, 4) is 0 Å². The van der Waals surface area contributed by atoms with Gasteiger partial charge in [-0.3, -0.25) is 9.61 Å². The Hall–Kier alpha value is -1.33. The molecular formula is C15H23N2O4P. The number of hydrogen-bond acceptors (Lipinski definition) is 3. The highest BCUT2D eigenvalue weighted by Gasteiger charge is 2.20. The van der Waals surface area contributed by atoms with Gasteiger partial charge in [-0.25, -0.2) is 4.57 Å². The lowest BCUT2D eigenvalue weighted by Crippen LogP contribution is -2.20. The van der Waals surface area contributed by atoms with E-state index in [4.69, 9.17) is 9.26 Å². The van der Waals surface area contributed by atoms with Crippen LogP contribution in [0.5, 0.6) is 0 Å². The van der Waals surface area contributed by atoms with E-state index in [0.717, 1.165) is 10.9 Å². The number of nitrogens with one attached hydrogen (secondary N) is 1. The van der Waals surface area contributed by atoms with Gasteiger partial charge < -0.3 is 14.2 Å². The van der Waals surface area contributed by atoms with Crippen molar-refractivity contribution in [2.24, 2.45) is 0 Å². The maximum atomic E-state index is 11.9. The van der Waals surface area contributed by atoms with Crippen LogP contribution in [-0.4, -0.2) is 29.8 Å². The molecule has 0 saturated carbocycles. The normalized spacial score (nSPS) is 15.0. The Morgan fingerprint density at radius 3 is 2.64 bits per heavy atom. The molecule has 0 aliphatic heterocycles. The van der Waals surface area contributed by atoms with E-state index in [-0.39, 0.29) is 18.8 Å². The third-order valence-electron chi connectivity index (χ3n) is 3.24. The van der Waals surface area contributed by atoms with E-state index in [1.807, 2.05) is 24.4 Å². The number of aromatic nitrogens is 1. The predicted molar refractivity (Wildman–Crippen MR) is 88.2 cm³/mol. The van der Waals surface area contributed by atoms with Crippen molar-refractivity contribution < 1.29 is 18.7 Å². The van der Waals surface area contributed by atoms with Crippen molar-refractivity contribution in [2.45, 2.75) is 26.3 Å². The molecule has 1 unspecified atom stereocenters. The van der Waals surface area contributed by atoms with Gasteiger partial charge in [0.05, 0.1) is 13.2 Å². The Balaban J connectivity index is 2.19. The molecule has 0 bridgehead atoms. The first-order valence-electron chi connectivity index (χ1n) is 7.09. The standard InChI is InChI=1S/C15H23N2O4P/c1-15(2,3)17-8-7-12-11-13(5-6-14(12)17)16-22(18,19)21-10-9-20-4/h5-8,11H,9-10H2,1-4H3,(H2,16,18,19). The van der Waals surface area contributed by atoms with E-state index < -0.39 is 7.75 Å². The highest BCUT2D eigenvalue weighted by atomic mass is 31.2. The smallest absolute Gasteiger partial charge is 0.382 e. The molecule has 22 heavy (non-hydrogen) atoms. The molecule has 0 aliphatic rings. The lowest BCUT2D eigenvalue weighted by molar-refractivity contribution is 0.138. The van der Waals surface area contributed by atoms with Gasteiger partial charge >= 0.3 is 7.75 Å². The summed E-state index contributed by atoms with van der Waals surface area (Å²) in [6.45, 7) is 6.71. The Morgan fingerprint density at radius 1 is 1.27 bits per heavy atom. The summed E-state index contributed by atoms with van der Waals surface area (Å²) in [6, 6.07) is 7.52. The molecule has 1 aromatic carbocycles. The third-order valence-corrected chi connectivity index (χ3v) is 4.31. The quantitative estimate of drug-likeness (QED) is 0.627. The number of ether oxygens (including phenoxy) is 1. The van der Waals surface area contributed by atoms with Crippen molar-refractivity contribution in [3.63, 3.8) is 0 Å². The lowest BCUT2D eigenvalue weighted by atomic mass is 10.1. The van der Waals surface area contributed by atoms with Gasteiger partial charge in [0.1, 0.15) is 0 Å². The third kappa shape index (κ3) is 4.11. The molecule has 2 N–H and O–H groups in total. The van der Waals surface area contributed by atoms with E-state index >= 15 is 0 Å². The number of anilines is 1. The van der Waals surface area contributed by atoms with Crippen LogP contribution >= 0.6 is 7.75 Å². The van der Waals surface area contributed by atoms with Crippen LogP contribution in [0.1, 0.15) is 20.8 Å². The second-order valence-electron chi connectivity index (χ2n) is 6.09. The molecule has 2 aromatic rings. The van der Waals surface area contributed by atoms with E-state index in [1.165, 1.54) is 7.11 Å². The number of rotatable bonds is 6. The van der Waals surface area contributed by atoms with Gasteiger partial charge in [0.25, 0.3) is 0 Å². The average molecular weight is 326 g/mol. The van der Waals surface area contributed by atoms with Crippen LogP contribution in [0.3, 0.4) is 0 Å². The summed E-state index contributed by atoms with van der Waals surface area (Å²) >= 11 is 0. The molecule has 0 aliphatic carbocycles. The second-order valence-corrected chi connectivity index (χ2v) is 7.61. The maximum absolute atomic E-state index is 11.9. The van der Waals surface area contributed by atoms with Crippen molar-refractivity contribution in [2.75, 3.05) is 25.4 Å². The van der Waals surface area contributed by atoms with Crippen molar-refractivity contribution in [3.05, 3.63) is 30.5 Å². The van der Waals surface area contributed by atoms with Crippen LogP contribution in [-0.2, 0) is 19.4 Å². The molecule has 122 valence electrons. The number of benzene rings is 1. The minimum absolute atomic E-state index is 0.0216. The molecule has 0 saturated heterocycles. The summed E-state index contributed by atoms with van der Waals surface area (Å²) in [5, 5.41) is 3.54. The second kappa shape index (κ2) is 6.42. The molecule has 2 rings (SSSR count). The summed E-state index contributed by atoms with van der Waals surface area (Å²) in [7, 11) is -2.38. The predicted octanol–water partition coefficient (Wildman–Crippen LogP) is 3.57. The minimum Gasteiger partial charge on any atom is -0.382 e. The Bertz CT molecular complexity index is 690. The maximum Gasteiger partial charge on any atom is 0.430 e. The first-order chi connectivity index (χ1) is 10.2. The largest absolute Gasteiger partial charge is 0.430 e. The van der Waals surface area contributed by atoms with Gasteiger partial charge in [0.2, 0.25) is 0 Å². The van der Waals surface area contributed by atoms with Gasteiger partial charge in [0.15, 0.2) is 0 Å². The van der Waals surface area contributed by atoms with E-state index in [9.17, 15) is 9.46 Å². The summed E-state index contributed by atoms with van der Waals surface area (Å²) in [6.07, 6.45) is 2.02. The lowest BCUT2D eigenvalue weighted by Gasteiger charge is -2.22. The Kier molecular flexibility index (Phi) is 4.97. The fourth-order valence-electron chi connectivity index (χ4n) is 2.24. The molecule has 0 radical (unpaired) electrons. The summed E-state index contributed by atoms with van der Waals surface area (Å²) in [4.78, 5) is 9.76. The highest BCUT2D eigenvalue weighted by Crippen LogP contribution is 2.42. The highest BCUT2D eigenvalue weighted by molar-refractivity contribution is 7.54. The van der Waals surface area contributed by atoms with Gasteiger partial charge in [-0.2, -0.15) is 0 Å². The Morgan fingerprint density at radius 2 is 2.00 bits per heavy atom. The first-order valence-corrected chi connectivity index (χ1v) is 8.67. The van der Waals surface area contributed by atoms with Gasteiger partial charge in [-0.05, 0) is 45.0 Å². The molecule has 0 fully saturated rings. The molecule has 0 amide bonds.